The minimum Gasteiger partial charge on any atom is -0.475 e. The standard InChI is InChI=1S/C22H38O2S2Si/c1-5-27(6-2,7-3)24-20-14-12-16-11-13-18(23-22(25)26-4)15-17-9-8-10-19(16)21(17)20/h10,16-18,20-21H,5-9,11-15H2,1-4H3/t16-,17+,18+,20+,21-/m1/s1. The molecule has 5 atom stereocenters. The minimum atomic E-state index is -1.57. The van der Waals surface area contributed by atoms with Gasteiger partial charge in [-0.15, -0.1) is 0 Å². The lowest BCUT2D eigenvalue weighted by atomic mass is 9.62. The van der Waals surface area contributed by atoms with Crippen LogP contribution in [-0.4, -0.2) is 31.2 Å². The fourth-order valence-corrected chi connectivity index (χ4v) is 9.16. The quantitative estimate of drug-likeness (QED) is 0.259. The van der Waals surface area contributed by atoms with E-state index in [4.69, 9.17) is 21.4 Å². The largest absolute Gasteiger partial charge is 0.475 e. The fraction of sp³-hybridized carbons (Fsp3) is 0.864. The van der Waals surface area contributed by atoms with Gasteiger partial charge in [-0.2, -0.15) is 0 Å². The SMILES string of the molecule is CC[Si](CC)(CC)O[C@H]1CC[C@H]2CC[C@H](OC(=S)SC)C[C@@H]3CCC=C2[C@@H]31. The number of ether oxygens (including phenoxy) is 1. The summed E-state index contributed by atoms with van der Waals surface area (Å²) < 4.78 is 14.0. The van der Waals surface area contributed by atoms with E-state index in [-0.39, 0.29) is 0 Å². The van der Waals surface area contributed by atoms with Gasteiger partial charge in [-0.05, 0) is 93.4 Å². The molecule has 0 aliphatic heterocycles. The molecule has 0 aromatic rings. The molecular weight excluding hydrogens is 388 g/mol. The van der Waals surface area contributed by atoms with E-state index in [1.54, 1.807) is 17.3 Å². The van der Waals surface area contributed by atoms with E-state index in [1.807, 2.05) is 6.26 Å². The Morgan fingerprint density at radius 2 is 1.81 bits per heavy atom. The maximum atomic E-state index is 7.11. The van der Waals surface area contributed by atoms with Crippen LogP contribution in [0.15, 0.2) is 11.6 Å². The molecule has 0 spiro atoms. The lowest BCUT2D eigenvalue weighted by molar-refractivity contribution is 0.0219. The number of thiocarbonyl (C=S) groups is 1. The summed E-state index contributed by atoms with van der Waals surface area (Å²) in [6.07, 6.45) is 14.1. The van der Waals surface area contributed by atoms with Crippen molar-refractivity contribution in [1.29, 1.82) is 0 Å². The Hall–Kier alpha value is 0.157. The highest BCUT2D eigenvalue weighted by atomic mass is 32.2. The average Bonchev–Trinajstić information content (AvgIpc) is 2.70. The number of rotatable bonds is 6. The van der Waals surface area contributed by atoms with E-state index in [9.17, 15) is 0 Å². The van der Waals surface area contributed by atoms with Crippen molar-refractivity contribution in [3.05, 3.63) is 11.6 Å². The van der Waals surface area contributed by atoms with E-state index in [1.165, 1.54) is 50.2 Å². The highest BCUT2D eigenvalue weighted by Gasteiger charge is 2.46. The molecule has 0 heterocycles. The molecule has 2 nitrogen and oxygen atoms in total. The molecule has 0 aromatic carbocycles. The zero-order chi connectivity index (χ0) is 19.4. The molecule has 5 heteroatoms. The summed E-state index contributed by atoms with van der Waals surface area (Å²) in [6.45, 7) is 7.07. The second-order valence-corrected chi connectivity index (χ2v) is 14.9. The van der Waals surface area contributed by atoms with Gasteiger partial charge in [-0.3, -0.25) is 0 Å². The predicted molar refractivity (Wildman–Crippen MR) is 124 cm³/mol. The highest BCUT2D eigenvalue weighted by Crippen LogP contribution is 2.50. The first-order valence-corrected chi connectivity index (χ1v) is 15.3. The van der Waals surface area contributed by atoms with Crippen molar-refractivity contribution in [2.24, 2.45) is 17.8 Å². The van der Waals surface area contributed by atoms with E-state index in [2.05, 4.69) is 26.8 Å². The van der Waals surface area contributed by atoms with E-state index < -0.39 is 8.32 Å². The summed E-state index contributed by atoms with van der Waals surface area (Å²) >= 11 is 6.95. The van der Waals surface area contributed by atoms with Crippen molar-refractivity contribution in [1.82, 2.24) is 0 Å². The molecule has 3 aliphatic carbocycles. The van der Waals surface area contributed by atoms with E-state index in [0.29, 0.717) is 24.0 Å². The molecule has 0 N–H and O–H groups in total. The first-order valence-electron chi connectivity index (χ1n) is 11.2. The van der Waals surface area contributed by atoms with Gasteiger partial charge in [0.25, 0.3) is 0 Å². The Morgan fingerprint density at radius 3 is 2.48 bits per heavy atom. The maximum absolute atomic E-state index is 7.11. The third-order valence-corrected chi connectivity index (χ3v) is 13.3. The number of hydrogen-bond acceptors (Lipinski definition) is 4. The highest BCUT2D eigenvalue weighted by molar-refractivity contribution is 8.22. The smallest absolute Gasteiger partial charge is 0.219 e. The fourth-order valence-electron chi connectivity index (χ4n) is 5.88. The third-order valence-electron chi connectivity index (χ3n) is 7.65. The molecule has 0 aromatic heterocycles. The normalized spacial score (nSPS) is 33.6. The average molecular weight is 427 g/mol. The summed E-state index contributed by atoms with van der Waals surface area (Å²) in [4.78, 5) is 0. The zero-order valence-corrected chi connectivity index (χ0v) is 20.3. The van der Waals surface area contributed by atoms with E-state index in [0.717, 1.165) is 23.1 Å². The Balaban J connectivity index is 1.82. The van der Waals surface area contributed by atoms with Gasteiger partial charge in [-0.1, -0.05) is 44.2 Å². The third kappa shape index (κ3) is 4.84. The van der Waals surface area contributed by atoms with Crippen molar-refractivity contribution in [3.8, 4) is 0 Å². The van der Waals surface area contributed by atoms with Crippen LogP contribution in [0.1, 0.15) is 65.7 Å². The molecule has 27 heavy (non-hydrogen) atoms. The number of thioether (sulfide) groups is 1. The molecule has 2 saturated carbocycles. The number of allylic oxidation sites excluding steroid dienone is 1. The van der Waals surface area contributed by atoms with Gasteiger partial charge in [0.1, 0.15) is 6.10 Å². The van der Waals surface area contributed by atoms with Gasteiger partial charge < -0.3 is 9.16 Å². The van der Waals surface area contributed by atoms with Gasteiger partial charge in [0.05, 0.1) is 6.10 Å². The van der Waals surface area contributed by atoms with Gasteiger partial charge in [0, 0.05) is 5.92 Å². The summed E-state index contributed by atoms with van der Waals surface area (Å²) in [5.41, 5.74) is 1.76. The molecule has 154 valence electrons. The molecule has 0 radical (unpaired) electrons. The van der Waals surface area contributed by atoms with Gasteiger partial charge in [-0.25, -0.2) is 0 Å². The van der Waals surface area contributed by atoms with E-state index >= 15 is 0 Å². The van der Waals surface area contributed by atoms with Crippen molar-refractivity contribution < 1.29 is 9.16 Å². The van der Waals surface area contributed by atoms with Crippen molar-refractivity contribution >= 4 is 36.7 Å². The Labute approximate surface area is 177 Å². The molecule has 0 unspecified atom stereocenters. The van der Waals surface area contributed by atoms with Crippen LogP contribution in [0.2, 0.25) is 18.1 Å². The minimum absolute atomic E-state index is 0.309. The first kappa shape index (κ1) is 21.9. The second-order valence-electron chi connectivity index (χ2n) is 8.75. The van der Waals surface area contributed by atoms with Crippen LogP contribution >= 0.6 is 24.0 Å². The zero-order valence-electron chi connectivity index (χ0n) is 17.7. The molecular formula is C22H38O2S2Si. The summed E-state index contributed by atoms with van der Waals surface area (Å²) in [7, 11) is -1.57. The first-order chi connectivity index (χ1) is 13.1. The summed E-state index contributed by atoms with van der Waals surface area (Å²) in [5.74, 6) is 2.11. The monoisotopic (exact) mass is 426 g/mol. The van der Waals surface area contributed by atoms with Crippen LogP contribution in [0.3, 0.4) is 0 Å². The van der Waals surface area contributed by atoms with Crippen LogP contribution in [0.4, 0.5) is 0 Å². The Morgan fingerprint density at radius 1 is 1.11 bits per heavy atom. The Bertz CT molecular complexity index is 538. The molecule has 0 amide bonds. The topological polar surface area (TPSA) is 18.5 Å². The Kier molecular flexibility index (Phi) is 7.91. The molecule has 0 saturated heterocycles. The molecule has 4 bridgehead atoms. The summed E-state index contributed by atoms with van der Waals surface area (Å²) in [5, 5.41) is 0. The van der Waals surface area contributed by atoms with Crippen LogP contribution in [0.25, 0.3) is 0 Å². The van der Waals surface area contributed by atoms with Crippen LogP contribution < -0.4 is 0 Å². The lowest BCUT2D eigenvalue weighted by Crippen LogP contribution is -2.49. The van der Waals surface area contributed by atoms with Crippen LogP contribution in [0.5, 0.6) is 0 Å². The van der Waals surface area contributed by atoms with Crippen molar-refractivity contribution in [2.75, 3.05) is 6.26 Å². The van der Waals surface area contributed by atoms with Crippen molar-refractivity contribution in [3.63, 3.8) is 0 Å². The van der Waals surface area contributed by atoms with Crippen molar-refractivity contribution in [2.45, 2.75) is 96.1 Å². The van der Waals surface area contributed by atoms with Gasteiger partial charge >= 0.3 is 0 Å². The molecule has 3 aliphatic rings. The summed E-state index contributed by atoms with van der Waals surface area (Å²) in [6, 6.07) is 3.76. The van der Waals surface area contributed by atoms with Gasteiger partial charge in [0.15, 0.2) is 8.32 Å². The van der Waals surface area contributed by atoms with Crippen LogP contribution in [0, 0.1) is 17.8 Å². The maximum Gasteiger partial charge on any atom is 0.219 e. The second kappa shape index (κ2) is 9.77. The molecule has 3 rings (SSSR count). The molecule has 2 fully saturated rings. The number of hydrogen-bond donors (Lipinski definition) is 0. The van der Waals surface area contributed by atoms with Crippen LogP contribution in [-0.2, 0) is 9.16 Å². The predicted octanol–water partition coefficient (Wildman–Crippen LogP) is 6.96. The van der Waals surface area contributed by atoms with Gasteiger partial charge in [0.2, 0.25) is 4.38 Å². The lowest BCUT2D eigenvalue weighted by Gasteiger charge is -2.50.